The van der Waals surface area contributed by atoms with E-state index in [1.165, 1.54) is 17.2 Å². The zero-order valence-corrected chi connectivity index (χ0v) is 24.0. The lowest BCUT2D eigenvalue weighted by Crippen LogP contribution is -2.53. The summed E-state index contributed by atoms with van der Waals surface area (Å²) in [7, 11) is 1.71. The number of Topliss-reactive ketones (excluding diaryl/α,β-unsaturated/α-hetero) is 1. The molecular formula is C31H35N7O4. The summed E-state index contributed by atoms with van der Waals surface area (Å²) in [5, 5.41) is 10.6. The molecule has 5 heterocycles. The average molecular weight is 570 g/mol. The standard InChI is InChI=1S/C31H35N7O4/c1-18(39)42-17-23-21(20-13-25(31(41)36(2)15-20)33-28-14-24(34-35-28)19-7-8-19)9-10-32-30(23)37-11-12-38-26-6-4-3-5-22(26)29(40)27(38)16-37/h9-10,13-15,19,27H,3-8,11-12,16-17H2,1-2H3,(H2,33,34,35). The number of piperazine rings is 1. The van der Waals surface area contributed by atoms with E-state index >= 15 is 0 Å². The molecule has 1 saturated carbocycles. The highest BCUT2D eigenvalue weighted by Crippen LogP contribution is 2.41. The third-order valence-corrected chi connectivity index (χ3v) is 8.89. The summed E-state index contributed by atoms with van der Waals surface area (Å²) >= 11 is 0. The van der Waals surface area contributed by atoms with Crippen LogP contribution < -0.4 is 15.8 Å². The lowest BCUT2D eigenvalue weighted by Gasteiger charge is -2.40. The second kappa shape index (κ2) is 10.5. The first-order chi connectivity index (χ1) is 20.4. The molecule has 2 N–H and O–H groups in total. The van der Waals surface area contributed by atoms with Gasteiger partial charge in [0, 0.05) is 86.1 Å². The molecule has 7 rings (SSSR count). The highest BCUT2D eigenvalue weighted by molar-refractivity contribution is 6.03. The molecular weight excluding hydrogens is 534 g/mol. The van der Waals surface area contributed by atoms with Crippen LogP contribution in [-0.2, 0) is 28.0 Å². The van der Waals surface area contributed by atoms with Gasteiger partial charge in [-0.05, 0) is 56.2 Å². The Kier molecular flexibility index (Phi) is 6.59. The second-order valence-corrected chi connectivity index (χ2v) is 11.8. The Balaban J connectivity index is 1.23. The lowest BCUT2D eigenvalue weighted by atomic mass is 9.95. The van der Waals surface area contributed by atoms with Crippen LogP contribution in [0.15, 0.2) is 46.7 Å². The summed E-state index contributed by atoms with van der Waals surface area (Å²) in [5.41, 5.74) is 5.86. The number of H-pyrrole nitrogens is 1. The third-order valence-electron chi connectivity index (χ3n) is 8.89. The van der Waals surface area contributed by atoms with Crippen LogP contribution in [0.5, 0.6) is 0 Å². The van der Waals surface area contributed by atoms with Gasteiger partial charge in [0.2, 0.25) is 0 Å². The van der Waals surface area contributed by atoms with E-state index in [2.05, 4.69) is 25.3 Å². The van der Waals surface area contributed by atoms with E-state index < -0.39 is 5.97 Å². The van der Waals surface area contributed by atoms with E-state index in [9.17, 15) is 14.4 Å². The number of ketones is 1. The first kappa shape index (κ1) is 26.5. The van der Waals surface area contributed by atoms with Crippen molar-refractivity contribution >= 4 is 29.1 Å². The minimum atomic E-state index is -0.392. The molecule has 42 heavy (non-hydrogen) atoms. The summed E-state index contributed by atoms with van der Waals surface area (Å²) < 4.78 is 7.06. The molecule has 0 amide bonds. The maximum atomic E-state index is 13.4. The van der Waals surface area contributed by atoms with Crippen LogP contribution in [-0.4, -0.2) is 62.1 Å². The number of pyridine rings is 2. The van der Waals surface area contributed by atoms with Crippen molar-refractivity contribution in [2.45, 2.75) is 64.0 Å². The minimum absolute atomic E-state index is 0.0249. The van der Waals surface area contributed by atoms with Gasteiger partial charge in [0.15, 0.2) is 11.6 Å². The highest BCUT2D eigenvalue weighted by atomic mass is 16.5. The van der Waals surface area contributed by atoms with Crippen LogP contribution in [0.3, 0.4) is 0 Å². The van der Waals surface area contributed by atoms with Gasteiger partial charge >= 0.3 is 5.97 Å². The molecule has 2 aliphatic carbocycles. The molecule has 0 spiro atoms. The zero-order chi connectivity index (χ0) is 29.0. The van der Waals surface area contributed by atoms with Crippen LogP contribution in [0.2, 0.25) is 0 Å². The summed E-state index contributed by atoms with van der Waals surface area (Å²) in [6.07, 6.45) is 9.87. The van der Waals surface area contributed by atoms with Crippen molar-refractivity contribution in [2.75, 3.05) is 29.9 Å². The normalized spacial score (nSPS) is 20.0. The van der Waals surface area contributed by atoms with Gasteiger partial charge in [-0.15, -0.1) is 0 Å². The Labute approximate surface area is 243 Å². The Morgan fingerprint density at radius 1 is 1.17 bits per heavy atom. The number of fused-ring (bicyclic) bond motifs is 2. The maximum absolute atomic E-state index is 13.4. The Hall–Kier alpha value is -4.41. The molecule has 0 aromatic carbocycles. The largest absolute Gasteiger partial charge is 0.461 e. The van der Waals surface area contributed by atoms with Gasteiger partial charge in [0.05, 0.1) is 0 Å². The number of allylic oxidation sites excluding steroid dienone is 1. The smallest absolute Gasteiger partial charge is 0.302 e. The quantitative estimate of drug-likeness (QED) is 0.409. The van der Waals surface area contributed by atoms with Crippen molar-refractivity contribution in [3.63, 3.8) is 0 Å². The zero-order valence-electron chi connectivity index (χ0n) is 24.0. The molecule has 1 saturated heterocycles. The van der Waals surface area contributed by atoms with Crippen molar-refractivity contribution in [3.05, 3.63) is 63.5 Å². The van der Waals surface area contributed by atoms with E-state index in [4.69, 9.17) is 9.72 Å². The Bertz CT molecular complexity index is 1670. The van der Waals surface area contributed by atoms with Crippen molar-refractivity contribution in [3.8, 4) is 11.1 Å². The Morgan fingerprint density at radius 3 is 2.81 bits per heavy atom. The first-order valence-corrected chi connectivity index (χ1v) is 14.8. The molecule has 0 radical (unpaired) electrons. The molecule has 0 bridgehead atoms. The van der Waals surface area contributed by atoms with Crippen molar-refractivity contribution in [2.24, 2.45) is 7.05 Å². The predicted molar refractivity (Wildman–Crippen MR) is 157 cm³/mol. The van der Waals surface area contributed by atoms with Crippen molar-refractivity contribution < 1.29 is 14.3 Å². The maximum Gasteiger partial charge on any atom is 0.302 e. The molecule has 1 unspecified atom stereocenters. The van der Waals surface area contributed by atoms with Crippen LogP contribution in [0.25, 0.3) is 11.1 Å². The molecule has 11 heteroatoms. The summed E-state index contributed by atoms with van der Waals surface area (Å²) in [4.78, 5) is 47.6. The van der Waals surface area contributed by atoms with Gasteiger partial charge in [-0.3, -0.25) is 19.5 Å². The molecule has 1 atom stereocenters. The summed E-state index contributed by atoms with van der Waals surface area (Å²) in [6, 6.07) is 5.43. The number of esters is 1. The first-order valence-electron chi connectivity index (χ1n) is 14.8. The highest BCUT2D eigenvalue weighted by Gasteiger charge is 2.43. The molecule has 3 aromatic heterocycles. The topological polar surface area (TPSA) is 125 Å². The monoisotopic (exact) mass is 569 g/mol. The number of hydrogen-bond donors (Lipinski definition) is 2. The average Bonchev–Trinajstić information content (AvgIpc) is 3.68. The van der Waals surface area contributed by atoms with E-state index in [1.807, 2.05) is 12.1 Å². The molecule has 2 aliphatic heterocycles. The van der Waals surface area contributed by atoms with Gasteiger partial charge in [-0.25, -0.2) is 4.98 Å². The van der Waals surface area contributed by atoms with Crippen LogP contribution in [0.1, 0.15) is 62.6 Å². The summed E-state index contributed by atoms with van der Waals surface area (Å²) in [6.45, 7) is 3.38. The van der Waals surface area contributed by atoms with Gasteiger partial charge < -0.3 is 24.4 Å². The number of carbonyl (C=O) groups is 2. The number of ether oxygens (including phenoxy) is 1. The SMILES string of the molecule is CC(=O)OCc1c(-c2cc(Nc3cc(C4CC4)[nH]n3)c(=O)n(C)c2)ccnc1N1CCN2C3=C(CCCC3)C(=O)C2C1. The summed E-state index contributed by atoms with van der Waals surface area (Å²) in [5.74, 6) is 1.65. The van der Waals surface area contributed by atoms with Crippen LogP contribution >= 0.6 is 0 Å². The molecule has 3 aromatic rings. The number of aromatic nitrogens is 4. The number of aromatic amines is 1. The fourth-order valence-corrected chi connectivity index (χ4v) is 6.63. The third kappa shape index (κ3) is 4.76. The van der Waals surface area contributed by atoms with E-state index in [-0.39, 0.29) is 24.0 Å². The van der Waals surface area contributed by atoms with Gasteiger partial charge in [0.25, 0.3) is 5.56 Å². The number of aryl methyl sites for hydroxylation is 1. The van der Waals surface area contributed by atoms with Crippen LogP contribution in [0, 0.1) is 0 Å². The minimum Gasteiger partial charge on any atom is -0.461 e. The molecule has 218 valence electrons. The number of nitrogens with zero attached hydrogens (tertiary/aromatic N) is 5. The van der Waals surface area contributed by atoms with Crippen molar-refractivity contribution in [1.82, 2.24) is 24.6 Å². The van der Waals surface area contributed by atoms with E-state index in [0.717, 1.165) is 73.0 Å². The number of anilines is 3. The second-order valence-electron chi connectivity index (χ2n) is 11.8. The number of nitrogens with one attached hydrogen (secondary N) is 2. The van der Waals surface area contributed by atoms with Crippen LogP contribution in [0.4, 0.5) is 17.3 Å². The van der Waals surface area contributed by atoms with E-state index in [0.29, 0.717) is 36.3 Å². The molecule has 11 nitrogen and oxygen atoms in total. The van der Waals surface area contributed by atoms with E-state index in [1.54, 1.807) is 25.5 Å². The Morgan fingerprint density at radius 2 is 2.00 bits per heavy atom. The lowest BCUT2D eigenvalue weighted by molar-refractivity contribution is -0.142. The number of carbonyl (C=O) groups excluding carboxylic acids is 2. The predicted octanol–water partition coefficient (Wildman–Crippen LogP) is 3.76. The fourth-order valence-electron chi connectivity index (χ4n) is 6.63. The van der Waals surface area contributed by atoms with Gasteiger partial charge in [-0.1, -0.05) is 0 Å². The fraction of sp³-hybridized carbons (Fsp3) is 0.452. The number of hydrogen-bond acceptors (Lipinski definition) is 9. The molecule has 4 aliphatic rings. The number of rotatable bonds is 7. The van der Waals surface area contributed by atoms with Gasteiger partial charge in [0.1, 0.15) is 24.2 Å². The van der Waals surface area contributed by atoms with Crippen molar-refractivity contribution in [1.29, 1.82) is 0 Å². The van der Waals surface area contributed by atoms with Gasteiger partial charge in [-0.2, -0.15) is 5.10 Å². The molecule has 2 fully saturated rings.